The first kappa shape index (κ1) is 19.4. The van der Waals surface area contributed by atoms with E-state index < -0.39 is 20.0 Å². The fourth-order valence-corrected chi connectivity index (χ4v) is 3.41. The Morgan fingerprint density at radius 2 is 1.43 bits per heavy atom. The van der Waals surface area contributed by atoms with Crippen LogP contribution in [0.3, 0.4) is 0 Å². The van der Waals surface area contributed by atoms with Crippen LogP contribution in [-0.2, 0) is 24.8 Å². The van der Waals surface area contributed by atoms with Crippen LogP contribution in [-0.4, -0.2) is 72.9 Å². The van der Waals surface area contributed by atoms with Gasteiger partial charge in [0.25, 0.3) is 0 Å². The van der Waals surface area contributed by atoms with Gasteiger partial charge in [0.05, 0.1) is 16.8 Å². The van der Waals surface area contributed by atoms with Crippen molar-refractivity contribution in [1.29, 1.82) is 0 Å². The largest absolute Gasteiger partial charge is 0.347 e. The molecule has 0 bridgehead atoms. The van der Waals surface area contributed by atoms with E-state index in [0.717, 1.165) is 14.9 Å². The number of amides is 1. The van der Waals surface area contributed by atoms with Crippen LogP contribution in [0.5, 0.6) is 0 Å². The minimum absolute atomic E-state index is 0.0404. The van der Waals surface area contributed by atoms with Crippen molar-refractivity contribution in [3.05, 3.63) is 24.3 Å². The van der Waals surface area contributed by atoms with E-state index in [9.17, 15) is 21.6 Å². The second kappa shape index (κ2) is 6.85. The van der Waals surface area contributed by atoms with Crippen LogP contribution in [0, 0.1) is 0 Å². The highest BCUT2D eigenvalue weighted by Gasteiger charge is 2.23. The summed E-state index contributed by atoms with van der Waals surface area (Å²) >= 11 is 0. The highest BCUT2D eigenvalue weighted by atomic mass is 32.2. The third-order valence-electron chi connectivity index (χ3n) is 3.08. The number of anilines is 1. The van der Waals surface area contributed by atoms with Crippen LogP contribution in [0.2, 0.25) is 0 Å². The molecule has 1 rings (SSSR count). The van der Waals surface area contributed by atoms with E-state index >= 15 is 0 Å². The SMILES string of the molecule is CN(C)C(=O)CN(c1ccc(S(=O)(=O)N(C)C)cc1)S(C)(=O)=O. The quantitative estimate of drug-likeness (QED) is 0.697. The molecule has 0 atom stereocenters. The molecule has 0 aliphatic heterocycles. The van der Waals surface area contributed by atoms with Gasteiger partial charge < -0.3 is 4.90 Å². The van der Waals surface area contributed by atoms with Crippen molar-refractivity contribution >= 4 is 31.6 Å². The number of nitrogens with zero attached hydrogens (tertiary/aromatic N) is 3. The van der Waals surface area contributed by atoms with Crippen LogP contribution in [0.25, 0.3) is 0 Å². The number of hydrogen-bond donors (Lipinski definition) is 0. The zero-order valence-electron chi connectivity index (χ0n) is 13.7. The zero-order chi connectivity index (χ0) is 18.0. The Hall–Kier alpha value is -1.65. The molecule has 1 aromatic carbocycles. The summed E-state index contributed by atoms with van der Waals surface area (Å²) in [6.07, 6.45) is 0.987. The lowest BCUT2D eigenvalue weighted by atomic mass is 10.3. The molecular weight excluding hydrogens is 342 g/mol. The average Bonchev–Trinajstić information content (AvgIpc) is 2.43. The van der Waals surface area contributed by atoms with Gasteiger partial charge in [-0.2, -0.15) is 0 Å². The van der Waals surface area contributed by atoms with E-state index in [1.807, 2.05) is 0 Å². The fourth-order valence-electron chi connectivity index (χ4n) is 1.66. The zero-order valence-corrected chi connectivity index (χ0v) is 15.3. The summed E-state index contributed by atoms with van der Waals surface area (Å²) in [5, 5.41) is 0. The van der Waals surface area contributed by atoms with E-state index in [4.69, 9.17) is 0 Å². The third-order valence-corrected chi connectivity index (χ3v) is 6.05. The average molecular weight is 363 g/mol. The minimum Gasteiger partial charge on any atom is -0.347 e. The number of carbonyl (C=O) groups is 1. The maximum absolute atomic E-state index is 12.0. The molecule has 1 aromatic rings. The van der Waals surface area contributed by atoms with Crippen LogP contribution in [0.1, 0.15) is 0 Å². The Morgan fingerprint density at radius 1 is 0.957 bits per heavy atom. The molecule has 0 aromatic heterocycles. The third kappa shape index (κ3) is 4.66. The summed E-state index contributed by atoms with van der Waals surface area (Å²) < 4.78 is 49.8. The van der Waals surface area contributed by atoms with Crippen molar-refractivity contribution in [2.45, 2.75) is 4.90 Å². The summed E-state index contributed by atoms with van der Waals surface area (Å²) in [5.74, 6) is -0.389. The standard InChI is InChI=1S/C13H21N3O5S2/c1-14(2)13(17)10-16(22(5,18)19)11-6-8-12(9-7-11)23(20,21)15(3)4/h6-9H,10H2,1-5H3. The number of hydrogen-bond acceptors (Lipinski definition) is 5. The molecule has 0 saturated carbocycles. The molecule has 23 heavy (non-hydrogen) atoms. The molecule has 0 saturated heterocycles. The lowest BCUT2D eigenvalue weighted by molar-refractivity contribution is -0.127. The predicted molar refractivity (Wildman–Crippen MR) is 88.2 cm³/mol. The first-order chi connectivity index (χ1) is 10.4. The Balaban J connectivity index is 3.23. The van der Waals surface area contributed by atoms with Gasteiger partial charge in [0.1, 0.15) is 6.54 Å². The van der Waals surface area contributed by atoms with Gasteiger partial charge in [-0.3, -0.25) is 9.10 Å². The molecule has 0 fully saturated rings. The van der Waals surface area contributed by atoms with Crippen molar-refractivity contribution in [2.75, 3.05) is 45.3 Å². The second-order valence-corrected chi connectivity index (χ2v) is 9.40. The van der Waals surface area contributed by atoms with Gasteiger partial charge in [-0.15, -0.1) is 0 Å². The van der Waals surface area contributed by atoms with Crippen molar-refractivity contribution < 1.29 is 21.6 Å². The molecule has 0 N–H and O–H groups in total. The second-order valence-electron chi connectivity index (χ2n) is 5.34. The summed E-state index contributed by atoms with van der Waals surface area (Å²) in [5.41, 5.74) is 0.223. The molecule has 1 amide bonds. The Morgan fingerprint density at radius 3 is 1.78 bits per heavy atom. The highest BCUT2D eigenvalue weighted by Crippen LogP contribution is 2.21. The minimum atomic E-state index is -3.69. The van der Waals surface area contributed by atoms with Gasteiger partial charge in [0, 0.05) is 28.2 Å². The van der Waals surface area contributed by atoms with Gasteiger partial charge in [-0.1, -0.05) is 0 Å². The van der Waals surface area contributed by atoms with Crippen molar-refractivity contribution in [3.8, 4) is 0 Å². The van der Waals surface area contributed by atoms with Gasteiger partial charge >= 0.3 is 0 Å². The normalized spacial score (nSPS) is 12.3. The van der Waals surface area contributed by atoms with Crippen LogP contribution < -0.4 is 4.31 Å². The van der Waals surface area contributed by atoms with E-state index in [0.29, 0.717) is 0 Å². The lowest BCUT2D eigenvalue weighted by Gasteiger charge is -2.23. The molecule has 10 heteroatoms. The first-order valence-electron chi connectivity index (χ1n) is 6.58. The van der Waals surface area contributed by atoms with Crippen molar-refractivity contribution in [1.82, 2.24) is 9.21 Å². The van der Waals surface area contributed by atoms with Crippen LogP contribution in [0.4, 0.5) is 5.69 Å². The number of likely N-dealkylation sites (N-methyl/N-ethyl adjacent to an activating group) is 1. The van der Waals surface area contributed by atoms with Gasteiger partial charge in [0.2, 0.25) is 26.0 Å². The summed E-state index contributed by atoms with van der Waals surface area (Å²) in [7, 11) is -1.43. The molecule has 0 aliphatic rings. The number of sulfonamides is 2. The Kier molecular flexibility index (Phi) is 5.78. The first-order valence-corrected chi connectivity index (χ1v) is 9.86. The maximum Gasteiger partial charge on any atom is 0.242 e. The van der Waals surface area contributed by atoms with E-state index in [1.165, 1.54) is 57.4 Å². The number of benzene rings is 1. The van der Waals surface area contributed by atoms with E-state index in [1.54, 1.807) is 0 Å². The molecule has 130 valence electrons. The highest BCUT2D eigenvalue weighted by molar-refractivity contribution is 7.92. The molecular formula is C13H21N3O5S2. The summed E-state index contributed by atoms with van der Waals surface area (Å²) in [6, 6.07) is 5.34. The molecule has 0 radical (unpaired) electrons. The maximum atomic E-state index is 12.0. The molecule has 0 spiro atoms. The Labute approximate surface area is 137 Å². The summed E-state index contributed by atoms with van der Waals surface area (Å²) in [6.45, 7) is -0.356. The molecule has 8 nitrogen and oxygen atoms in total. The van der Waals surface area contributed by atoms with Gasteiger partial charge in [0.15, 0.2) is 0 Å². The van der Waals surface area contributed by atoms with Crippen LogP contribution >= 0.6 is 0 Å². The number of carbonyl (C=O) groups excluding carboxylic acids is 1. The van der Waals surface area contributed by atoms with E-state index in [-0.39, 0.29) is 23.0 Å². The van der Waals surface area contributed by atoms with Gasteiger partial charge in [-0.25, -0.2) is 21.1 Å². The van der Waals surface area contributed by atoms with Crippen LogP contribution in [0.15, 0.2) is 29.2 Å². The fraction of sp³-hybridized carbons (Fsp3) is 0.462. The lowest BCUT2D eigenvalue weighted by Crippen LogP contribution is -2.39. The molecule has 0 unspecified atom stereocenters. The van der Waals surface area contributed by atoms with Crippen molar-refractivity contribution in [2.24, 2.45) is 0 Å². The molecule has 0 heterocycles. The van der Waals surface area contributed by atoms with Crippen molar-refractivity contribution in [3.63, 3.8) is 0 Å². The van der Waals surface area contributed by atoms with Gasteiger partial charge in [-0.05, 0) is 24.3 Å². The Bertz CT molecular complexity index is 768. The summed E-state index contributed by atoms with van der Waals surface area (Å²) in [4.78, 5) is 13.1. The monoisotopic (exact) mass is 363 g/mol. The van der Waals surface area contributed by atoms with E-state index in [2.05, 4.69) is 0 Å². The number of rotatable bonds is 6. The smallest absolute Gasteiger partial charge is 0.242 e. The molecule has 0 aliphatic carbocycles. The topological polar surface area (TPSA) is 95.1 Å². The predicted octanol–water partition coefficient (Wildman–Crippen LogP) is -0.209.